The summed E-state index contributed by atoms with van der Waals surface area (Å²) < 4.78 is 19.3. The van der Waals surface area contributed by atoms with Crippen molar-refractivity contribution >= 4 is 17.7 Å². The number of halogens is 1. The van der Waals surface area contributed by atoms with Gasteiger partial charge in [-0.1, -0.05) is 19.9 Å². The lowest BCUT2D eigenvalue weighted by molar-refractivity contribution is -0.144. The van der Waals surface area contributed by atoms with E-state index in [1.165, 1.54) is 25.3 Å². The van der Waals surface area contributed by atoms with Crippen LogP contribution < -0.4 is 15.8 Å². The monoisotopic (exact) mass is 391 g/mol. The van der Waals surface area contributed by atoms with Gasteiger partial charge in [-0.3, -0.25) is 14.4 Å². The van der Waals surface area contributed by atoms with Gasteiger partial charge in [0.15, 0.2) is 11.6 Å². The molecule has 1 saturated heterocycles. The van der Waals surface area contributed by atoms with Crippen LogP contribution in [0.15, 0.2) is 18.2 Å². The predicted octanol–water partition coefficient (Wildman–Crippen LogP) is 1.45. The number of likely N-dealkylation sites (tertiary alicyclic amines) is 1. The van der Waals surface area contributed by atoms with Gasteiger partial charge in [-0.25, -0.2) is 4.39 Å². The van der Waals surface area contributed by atoms with Crippen molar-refractivity contribution in [3.8, 4) is 5.75 Å². The molecule has 1 aliphatic heterocycles. The molecule has 28 heavy (non-hydrogen) atoms. The second-order valence-electron chi connectivity index (χ2n) is 7.84. The first kappa shape index (κ1) is 20.1. The first-order valence-electron chi connectivity index (χ1n) is 9.51. The van der Waals surface area contributed by atoms with Gasteiger partial charge in [0.1, 0.15) is 12.1 Å². The molecule has 3 unspecified atom stereocenters. The van der Waals surface area contributed by atoms with Crippen molar-refractivity contribution in [1.82, 2.24) is 10.2 Å². The molecule has 1 aromatic carbocycles. The average Bonchev–Trinajstić information content (AvgIpc) is 3.26. The molecule has 152 valence electrons. The fourth-order valence-corrected chi connectivity index (χ4v) is 4.41. The van der Waals surface area contributed by atoms with Crippen LogP contribution in [-0.4, -0.2) is 47.9 Å². The molecule has 1 aromatic rings. The first-order valence-corrected chi connectivity index (χ1v) is 9.51. The number of nitrogens with zero attached hydrogens (tertiary/aromatic N) is 1. The lowest BCUT2D eigenvalue weighted by Gasteiger charge is -2.37. The van der Waals surface area contributed by atoms with E-state index in [2.05, 4.69) is 5.32 Å². The molecule has 7 nitrogen and oxygen atoms in total. The van der Waals surface area contributed by atoms with Crippen molar-refractivity contribution in [1.29, 1.82) is 0 Å². The maximum Gasteiger partial charge on any atom is 0.255 e. The predicted molar refractivity (Wildman–Crippen MR) is 100 cm³/mol. The van der Waals surface area contributed by atoms with Crippen molar-refractivity contribution in [2.45, 2.75) is 51.2 Å². The van der Waals surface area contributed by atoms with Gasteiger partial charge in [-0.2, -0.15) is 0 Å². The van der Waals surface area contributed by atoms with Crippen LogP contribution in [0.1, 0.15) is 43.5 Å². The van der Waals surface area contributed by atoms with Crippen LogP contribution in [0.3, 0.4) is 0 Å². The molecule has 8 heteroatoms. The Morgan fingerprint density at radius 2 is 2.00 bits per heavy atom. The number of piperidine rings is 1. The molecule has 2 bridgehead atoms. The van der Waals surface area contributed by atoms with Gasteiger partial charge in [0.25, 0.3) is 5.91 Å². The van der Waals surface area contributed by atoms with Crippen LogP contribution in [0.4, 0.5) is 4.39 Å². The molecule has 1 aliphatic carbocycles. The van der Waals surface area contributed by atoms with E-state index in [0.717, 1.165) is 19.3 Å². The highest BCUT2D eigenvalue weighted by Crippen LogP contribution is 2.42. The fraction of sp³-hybridized carbons (Fsp3) is 0.550. The van der Waals surface area contributed by atoms with Gasteiger partial charge in [-0.05, 0) is 43.2 Å². The Labute approximate surface area is 163 Å². The van der Waals surface area contributed by atoms with Crippen molar-refractivity contribution in [3.05, 3.63) is 29.6 Å². The zero-order valence-electron chi connectivity index (χ0n) is 16.3. The fourth-order valence-electron chi connectivity index (χ4n) is 4.41. The molecule has 3 amide bonds. The lowest BCUT2D eigenvalue weighted by Crippen LogP contribution is -2.58. The Balaban J connectivity index is 1.83. The maximum atomic E-state index is 14.4. The summed E-state index contributed by atoms with van der Waals surface area (Å²) in [6.45, 7) is 3.58. The van der Waals surface area contributed by atoms with Crippen molar-refractivity contribution in [2.75, 3.05) is 7.11 Å². The summed E-state index contributed by atoms with van der Waals surface area (Å²) in [5.74, 6) is -2.58. The summed E-state index contributed by atoms with van der Waals surface area (Å²) >= 11 is 0. The van der Waals surface area contributed by atoms with Crippen LogP contribution in [0, 0.1) is 17.7 Å². The van der Waals surface area contributed by atoms with Crippen molar-refractivity contribution in [3.63, 3.8) is 0 Å². The third-order valence-corrected chi connectivity index (χ3v) is 5.78. The smallest absolute Gasteiger partial charge is 0.255 e. The highest BCUT2D eigenvalue weighted by atomic mass is 19.1. The van der Waals surface area contributed by atoms with Crippen molar-refractivity contribution in [2.24, 2.45) is 17.6 Å². The summed E-state index contributed by atoms with van der Waals surface area (Å²) in [5.41, 5.74) is 5.35. The largest absolute Gasteiger partial charge is 0.494 e. The molecule has 2 aliphatic rings. The maximum absolute atomic E-state index is 14.4. The second-order valence-corrected chi connectivity index (χ2v) is 7.84. The number of hydrogen-bond acceptors (Lipinski definition) is 4. The summed E-state index contributed by atoms with van der Waals surface area (Å²) in [7, 11) is 1.31. The quantitative estimate of drug-likeness (QED) is 0.766. The van der Waals surface area contributed by atoms with Crippen LogP contribution in [-0.2, 0) is 9.59 Å². The Kier molecular flexibility index (Phi) is 5.58. The van der Waals surface area contributed by atoms with Crippen LogP contribution in [0.25, 0.3) is 0 Å². The number of methoxy groups -OCH3 is 1. The summed E-state index contributed by atoms with van der Waals surface area (Å²) in [5, 5.41) is 2.64. The SMILES string of the molecule is COc1cccc(C(=O)NC(C(=O)N2C3CC[C@H](C3)C2C(N)=O)C(C)C)c1F. The van der Waals surface area contributed by atoms with E-state index in [1.54, 1.807) is 18.7 Å². The number of amides is 3. The third kappa shape index (κ3) is 3.43. The van der Waals surface area contributed by atoms with Gasteiger partial charge in [0.05, 0.1) is 12.7 Å². The number of primary amides is 1. The molecule has 1 saturated carbocycles. The highest BCUT2D eigenvalue weighted by molar-refractivity contribution is 5.99. The van der Waals surface area contributed by atoms with E-state index in [1.807, 2.05) is 0 Å². The number of benzene rings is 1. The second kappa shape index (κ2) is 7.77. The minimum atomic E-state index is -0.890. The zero-order valence-corrected chi connectivity index (χ0v) is 16.3. The Hall–Kier alpha value is -2.64. The molecule has 3 N–H and O–H groups in total. The minimum Gasteiger partial charge on any atom is -0.494 e. The van der Waals surface area contributed by atoms with E-state index in [0.29, 0.717) is 0 Å². The van der Waals surface area contributed by atoms with Crippen LogP contribution in [0.2, 0.25) is 0 Å². The first-order chi connectivity index (χ1) is 13.3. The zero-order chi connectivity index (χ0) is 20.6. The molecule has 1 heterocycles. The lowest BCUT2D eigenvalue weighted by atomic mass is 9.95. The number of nitrogens with two attached hydrogens (primary N) is 1. The van der Waals surface area contributed by atoms with Gasteiger partial charge in [0, 0.05) is 6.04 Å². The van der Waals surface area contributed by atoms with Gasteiger partial charge in [0.2, 0.25) is 11.8 Å². The molecule has 3 rings (SSSR count). The highest BCUT2D eigenvalue weighted by Gasteiger charge is 2.52. The van der Waals surface area contributed by atoms with E-state index < -0.39 is 29.7 Å². The van der Waals surface area contributed by atoms with Crippen LogP contribution >= 0.6 is 0 Å². The normalized spacial score (nSPS) is 24.3. The standard InChI is InChI=1S/C20H26FN3O4/c1-10(2)16(23-19(26)13-5-4-6-14(28-3)15(13)21)20(27)24-12-8-7-11(9-12)17(24)18(22)25/h4-6,10-12,16-17H,7-9H2,1-3H3,(H2,22,25)(H,23,26)/t11-,12?,16?,17?/m1/s1. The summed E-state index contributed by atoms with van der Waals surface area (Å²) in [4.78, 5) is 39.4. The minimum absolute atomic E-state index is 0.0401. The van der Waals surface area contributed by atoms with E-state index in [9.17, 15) is 18.8 Å². The summed E-state index contributed by atoms with van der Waals surface area (Å²) in [6, 6.07) is 2.68. The molecule has 0 radical (unpaired) electrons. The number of nitrogens with one attached hydrogen (secondary N) is 1. The number of rotatable bonds is 6. The molecular weight excluding hydrogens is 365 g/mol. The van der Waals surface area contributed by atoms with E-state index in [-0.39, 0.29) is 35.1 Å². The molecular formula is C20H26FN3O4. The van der Waals surface area contributed by atoms with Crippen molar-refractivity contribution < 1.29 is 23.5 Å². The third-order valence-electron chi connectivity index (χ3n) is 5.78. The Morgan fingerprint density at radius 3 is 2.61 bits per heavy atom. The number of carbonyl (C=O) groups is 3. The molecule has 0 spiro atoms. The number of ether oxygens (including phenoxy) is 1. The Morgan fingerprint density at radius 1 is 1.29 bits per heavy atom. The van der Waals surface area contributed by atoms with Gasteiger partial charge in [-0.15, -0.1) is 0 Å². The van der Waals surface area contributed by atoms with Gasteiger partial charge >= 0.3 is 0 Å². The number of hydrogen-bond donors (Lipinski definition) is 2. The molecule has 2 fully saturated rings. The number of fused-ring (bicyclic) bond motifs is 2. The number of carbonyl (C=O) groups excluding carboxylic acids is 3. The molecule has 0 aromatic heterocycles. The molecule has 4 atom stereocenters. The topological polar surface area (TPSA) is 102 Å². The van der Waals surface area contributed by atoms with Gasteiger partial charge < -0.3 is 20.7 Å². The van der Waals surface area contributed by atoms with E-state index >= 15 is 0 Å². The summed E-state index contributed by atoms with van der Waals surface area (Å²) in [6.07, 6.45) is 2.45. The van der Waals surface area contributed by atoms with Crippen LogP contribution in [0.5, 0.6) is 5.75 Å². The Bertz CT molecular complexity index is 798. The average molecular weight is 391 g/mol. The van der Waals surface area contributed by atoms with E-state index in [4.69, 9.17) is 10.5 Å².